The van der Waals surface area contributed by atoms with Gasteiger partial charge in [0.15, 0.2) is 0 Å². The quantitative estimate of drug-likeness (QED) is 0.868. The number of anilines is 1. The molecule has 0 aliphatic carbocycles. The van der Waals surface area contributed by atoms with Crippen LogP contribution in [-0.4, -0.2) is 35.7 Å². The van der Waals surface area contributed by atoms with E-state index in [1.54, 1.807) is 0 Å². The van der Waals surface area contributed by atoms with Crippen LogP contribution >= 0.6 is 0 Å². The second kappa shape index (κ2) is 7.11. The average Bonchev–Trinajstić information content (AvgIpc) is 2.90. The molecular formula is C16H30N4. The van der Waals surface area contributed by atoms with Crippen molar-refractivity contribution in [3.05, 3.63) is 11.9 Å². The van der Waals surface area contributed by atoms with Crippen molar-refractivity contribution in [3.63, 3.8) is 0 Å². The summed E-state index contributed by atoms with van der Waals surface area (Å²) in [6, 6.07) is 0.484. The summed E-state index contributed by atoms with van der Waals surface area (Å²) >= 11 is 0. The van der Waals surface area contributed by atoms with Crippen LogP contribution in [-0.2, 0) is 6.42 Å². The van der Waals surface area contributed by atoms with Crippen molar-refractivity contribution in [2.75, 3.05) is 31.1 Å². The number of hydrogen-bond donors (Lipinski definition) is 1. The maximum Gasteiger partial charge on any atom is 0.205 e. The van der Waals surface area contributed by atoms with E-state index < -0.39 is 0 Å². The lowest BCUT2D eigenvalue weighted by molar-refractivity contribution is 0.380. The highest BCUT2D eigenvalue weighted by Crippen LogP contribution is 2.25. The number of piperidine rings is 1. The zero-order chi connectivity index (χ0) is 14.5. The van der Waals surface area contributed by atoms with Crippen molar-refractivity contribution in [2.45, 2.75) is 53.0 Å². The maximum atomic E-state index is 4.83. The van der Waals surface area contributed by atoms with Crippen LogP contribution in [0.3, 0.4) is 0 Å². The minimum atomic E-state index is 0.484. The Morgan fingerprint density at radius 3 is 2.55 bits per heavy atom. The molecule has 1 aromatic rings. The smallest absolute Gasteiger partial charge is 0.205 e. The molecule has 1 fully saturated rings. The molecule has 1 aliphatic heterocycles. The lowest BCUT2D eigenvalue weighted by Crippen LogP contribution is -2.38. The number of nitrogens with zero attached hydrogens (tertiary/aromatic N) is 3. The van der Waals surface area contributed by atoms with Crippen molar-refractivity contribution < 1.29 is 0 Å². The topological polar surface area (TPSA) is 33.1 Å². The number of rotatable bonds is 6. The van der Waals surface area contributed by atoms with Crippen molar-refractivity contribution in [1.82, 2.24) is 14.9 Å². The predicted molar refractivity (Wildman–Crippen MR) is 85.5 cm³/mol. The fourth-order valence-corrected chi connectivity index (χ4v) is 2.90. The third kappa shape index (κ3) is 3.54. The number of nitrogens with one attached hydrogen (secondary N) is 1. The van der Waals surface area contributed by atoms with Crippen LogP contribution < -0.4 is 10.2 Å². The van der Waals surface area contributed by atoms with Crippen LogP contribution in [0.5, 0.6) is 0 Å². The van der Waals surface area contributed by atoms with Crippen molar-refractivity contribution in [2.24, 2.45) is 5.92 Å². The van der Waals surface area contributed by atoms with Gasteiger partial charge in [0.25, 0.3) is 0 Å². The Kier molecular flexibility index (Phi) is 5.46. The SMILES string of the molecule is CCNCC1CCN(c2nc(CC)cn2C(C)C)CC1. The Labute approximate surface area is 123 Å². The number of aryl methyl sites for hydroxylation is 1. The third-order valence-electron chi connectivity index (χ3n) is 4.26. The Hall–Kier alpha value is -1.03. The van der Waals surface area contributed by atoms with E-state index in [1.807, 2.05) is 0 Å². The van der Waals surface area contributed by atoms with E-state index in [9.17, 15) is 0 Å². The van der Waals surface area contributed by atoms with Crippen molar-refractivity contribution >= 4 is 5.95 Å². The van der Waals surface area contributed by atoms with E-state index in [0.29, 0.717) is 6.04 Å². The number of aromatic nitrogens is 2. The standard InChI is InChI=1S/C16H30N4/c1-5-15-12-20(13(3)4)16(18-15)19-9-7-14(8-10-19)11-17-6-2/h12-14,17H,5-11H2,1-4H3. The van der Waals surface area contributed by atoms with Crippen LogP contribution in [0, 0.1) is 5.92 Å². The van der Waals surface area contributed by atoms with Gasteiger partial charge in [0, 0.05) is 25.3 Å². The summed E-state index contributed by atoms with van der Waals surface area (Å²) in [5.41, 5.74) is 1.21. The molecule has 114 valence electrons. The molecule has 2 heterocycles. The van der Waals surface area contributed by atoms with Crippen LogP contribution in [0.1, 0.15) is 52.3 Å². The van der Waals surface area contributed by atoms with E-state index in [4.69, 9.17) is 4.98 Å². The highest BCUT2D eigenvalue weighted by Gasteiger charge is 2.23. The lowest BCUT2D eigenvalue weighted by atomic mass is 9.97. The molecule has 0 spiro atoms. The molecule has 1 N–H and O–H groups in total. The molecule has 2 rings (SSSR count). The van der Waals surface area contributed by atoms with Crippen LogP contribution in [0.25, 0.3) is 0 Å². The van der Waals surface area contributed by atoms with E-state index >= 15 is 0 Å². The first-order chi connectivity index (χ1) is 9.65. The molecule has 0 unspecified atom stereocenters. The third-order valence-corrected chi connectivity index (χ3v) is 4.26. The van der Waals surface area contributed by atoms with Gasteiger partial charge in [-0.1, -0.05) is 13.8 Å². The summed E-state index contributed by atoms with van der Waals surface area (Å²) in [6.07, 6.45) is 5.80. The normalized spacial score (nSPS) is 17.1. The van der Waals surface area contributed by atoms with Gasteiger partial charge in [-0.2, -0.15) is 0 Å². The molecule has 0 atom stereocenters. The first-order valence-corrected chi connectivity index (χ1v) is 8.19. The zero-order valence-electron chi connectivity index (χ0n) is 13.5. The number of imidazole rings is 1. The Balaban J connectivity index is 2.01. The summed E-state index contributed by atoms with van der Waals surface area (Å²) < 4.78 is 2.34. The molecule has 4 nitrogen and oxygen atoms in total. The predicted octanol–water partition coefficient (Wildman–Crippen LogP) is 2.85. The van der Waals surface area contributed by atoms with Gasteiger partial charge in [0.1, 0.15) is 0 Å². The molecule has 1 saturated heterocycles. The summed E-state index contributed by atoms with van der Waals surface area (Å²) in [6.45, 7) is 13.4. The molecule has 0 radical (unpaired) electrons. The largest absolute Gasteiger partial charge is 0.342 e. The van der Waals surface area contributed by atoms with E-state index in [2.05, 4.69) is 48.7 Å². The Bertz CT molecular complexity index is 403. The molecule has 0 aromatic carbocycles. The summed E-state index contributed by atoms with van der Waals surface area (Å²) in [4.78, 5) is 7.31. The van der Waals surface area contributed by atoms with Crippen LogP contribution in [0.2, 0.25) is 0 Å². The molecule has 4 heteroatoms. The van der Waals surface area contributed by atoms with Crippen molar-refractivity contribution in [3.8, 4) is 0 Å². The number of hydrogen-bond acceptors (Lipinski definition) is 3. The highest BCUT2D eigenvalue weighted by molar-refractivity contribution is 5.35. The molecule has 1 aromatic heterocycles. The summed E-state index contributed by atoms with van der Waals surface area (Å²) in [7, 11) is 0. The molecule has 1 aliphatic rings. The van der Waals surface area contributed by atoms with Gasteiger partial charge in [-0.3, -0.25) is 0 Å². The second-order valence-electron chi connectivity index (χ2n) is 6.12. The summed E-state index contributed by atoms with van der Waals surface area (Å²) in [5, 5.41) is 3.48. The highest BCUT2D eigenvalue weighted by atomic mass is 15.3. The monoisotopic (exact) mass is 278 g/mol. The van der Waals surface area contributed by atoms with Gasteiger partial charge in [-0.25, -0.2) is 4.98 Å². The minimum Gasteiger partial charge on any atom is -0.342 e. The van der Waals surface area contributed by atoms with Gasteiger partial charge >= 0.3 is 0 Å². The van der Waals surface area contributed by atoms with Gasteiger partial charge < -0.3 is 14.8 Å². The molecule has 0 saturated carbocycles. The van der Waals surface area contributed by atoms with Crippen molar-refractivity contribution in [1.29, 1.82) is 0 Å². The van der Waals surface area contributed by atoms with Crippen LogP contribution in [0.4, 0.5) is 5.95 Å². The van der Waals surface area contributed by atoms with Gasteiger partial charge in [-0.15, -0.1) is 0 Å². The summed E-state index contributed by atoms with van der Waals surface area (Å²) in [5.74, 6) is 2.01. The lowest BCUT2D eigenvalue weighted by Gasteiger charge is -2.33. The minimum absolute atomic E-state index is 0.484. The van der Waals surface area contributed by atoms with Gasteiger partial charge in [0.05, 0.1) is 5.69 Å². The second-order valence-corrected chi connectivity index (χ2v) is 6.12. The molecular weight excluding hydrogens is 248 g/mol. The average molecular weight is 278 g/mol. The fourth-order valence-electron chi connectivity index (χ4n) is 2.90. The Morgan fingerprint density at radius 1 is 1.30 bits per heavy atom. The molecule has 0 amide bonds. The van der Waals surface area contributed by atoms with E-state index in [-0.39, 0.29) is 0 Å². The van der Waals surface area contributed by atoms with E-state index in [1.165, 1.54) is 31.0 Å². The van der Waals surface area contributed by atoms with Gasteiger partial charge in [-0.05, 0) is 52.1 Å². The maximum absolute atomic E-state index is 4.83. The van der Waals surface area contributed by atoms with Crippen LogP contribution in [0.15, 0.2) is 6.20 Å². The first kappa shape index (κ1) is 15.4. The first-order valence-electron chi connectivity index (χ1n) is 8.19. The zero-order valence-corrected chi connectivity index (χ0v) is 13.5. The molecule has 20 heavy (non-hydrogen) atoms. The molecule has 0 bridgehead atoms. The Morgan fingerprint density at radius 2 is 2.00 bits per heavy atom. The van der Waals surface area contributed by atoms with E-state index in [0.717, 1.165) is 32.0 Å². The fraction of sp³-hybridized carbons (Fsp3) is 0.812. The van der Waals surface area contributed by atoms with Gasteiger partial charge in [0.2, 0.25) is 5.95 Å².